The number of aromatic hydroxyl groups is 1. The molecule has 1 heterocycles. The van der Waals surface area contributed by atoms with Crippen molar-refractivity contribution in [2.75, 3.05) is 14.2 Å². The Kier molecular flexibility index (Phi) is 6.82. The lowest BCUT2D eigenvalue weighted by Gasteiger charge is -2.31. The Morgan fingerprint density at radius 3 is 2.44 bits per heavy atom. The van der Waals surface area contributed by atoms with Gasteiger partial charge in [-0.15, -0.1) is 0 Å². The van der Waals surface area contributed by atoms with Crippen molar-refractivity contribution >= 4 is 21.6 Å². The third-order valence-electron chi connectivity index (χ3n) is 5.83. The van der Waals surface area contributed by atoms with Gasteiger partial charge >= 0.3 is 0 Å². The Morgan fingerprint density at radius 2 is 1.75 bits per heavy atom. The first-order chi connectivity index (χ1) is 15.5. The second-order valence-electron chi connectivity index (χ2n) is 7.77. The monoisotopic (exact) mass is 494 g/mol. The summed E-state index contributed by atoms with van der Waals surface area (Å²) in [5.74, 6) is 1.59. The minimum atomic E-state index is -0.298. The summed E-state index contributed by atoms with van der Waals surface area (Å²) in [4.78, 5) is 5.05. The highest BCUT2D eigenvalue weighted by molar-refractivity contribution is 9.10. The van der Waals surface area contributed by atoms with E-state index in [9.17, 15) is 5.11 Å². The molecule has 2 N–H and O–H groups in total. The van der Waals surface area contributed by atoms with Crippen molar-refractivity contribution in [2.24, 2.45) is 4.99 Å². The van der Waals surface area contributed by atoms with E-state index < -0.39 is 0 Å². The van der Waals surface area contributed by atoms with Gasteiger partial charge in [-0.05, 0) is 53.4 Å². The molecule has 0 saturated carbocycles. The van der Waals surface area contributed by atoms with Gasteiger partial charge in [-0.2, -0.15) is 0 Å². The second-order valence-corrected chi connectivity index (χ2v) is 8.69. The van der Waals surface area contributed by atoms with Gasteiger partial charge in [-0.1, -0.05) is 53.2 Å². The summed E-state index contributed by atoms with van der Waals surface area (Å²) in [5, 5.41) is 14.2. The van der Waals surface area contributed by atoms with Gasteiger partial charge in [-0.25, -0.2) is 0 Å². The van der Waals surface area contributed by atoms with Gasteiger partial charge in [0, 0.05) is 28.2 Å². The van der Waals surface area contributed by atoms with Crippen LogP contribution in [0.4, 0.5) is 0 Å². The fourth-order valence-corrected chi connectivity index (χ4v) is 4.39. The molecule has 0 bridgehead atoms. The molecule has 0 aromatic heterocycles. The van der Waals surface area contributed by atoms with Crippen LogP contribution in [0.15, 0.2) is 70.1 Å². The van der Waals surface area contributed by atoms with Crippen LogP contribution in [0.5, 0.6) is 17.2 Å². The van der Waals surface area contributed by atoms with E-state index >= 15 is 0 Å². The molecular formula is C26H27BrN2O3. The molecule has 0 radical (unpaired) electrons. The highest BCUT2D eigenvalue weighted by Crippen LogP contribution is 2.37. The van der Waals surface area contributed by atoms with E-state index in [0.29, 0.717) is 17.9 Å². The highest BCUT2D eigenvalue weighted by atomic mass is 79.9. The quantitative estimate of drug-likeness (QED) is 0.443. The largest absolute Gasteiger partial charge is 0.508 e. The van der Waals surface area contributed by atoms with E-state index in [4.69, 9.17) is 14.5 Å². The van der Waals surface area contributed by atoms with Gasteiger partial charge in [0.2, 0.25) is 0 Å². The zero-order valence-corrected chi connectivity index (χ0v) is 20.0. The van der Waals surface area contributed by atoms with Crippen LogP contribution < -0.4 is 14.8 Å². The maximum Gasteiger partial charge on any atom is 0.161 e. The van der Waals surface area contributed by atoms with Crippen molar-refractivity contribution in [3.05, 3.63) is 87.4 Å². The molecule has 3 aromatic carbocycles. The SMILES string of the molecule is CCc1ccc(C2=N[C@@H](c3ccc(OC)c(OC)c3)N[C@H](c3cc(Br)ccc3O)C2)cc1. The summed E-state index contributed by atoms with van der Waals surface area (Å²) < 4.78 is 11.8. The number of phenolic OH excluding ortho intramolecular Hbond substituents is 1. The minimum Gasteiger partial charge on any atom is -0.508 e. The normalized spacial score (nSPS) is 18.2. The molecule has 3 aromatic rings. The smallest absolute Gasteiger partial charge is 0.161 e. The van der Waals surface area contributed by atoms with Gasteiger partial charge in [0.15, 0.2) is 11.5 Å². The Balaban J connectivity index is 1.77. The lowest BCUT2D eigenvalue weighted by atomic mass is 9.93. The molecule has 1 aliphatic rings. The average Bonchev–Trinajstić information content (AvgIpc) is 2.84. The first kappa shape index (κ1) is 22.4. The van der Waals surface area contributed by atoms with Gasteiger partial charge in [0.1, 0.15) is 11.9 Å². The van der Waals surface area contributed by atoms with Crippen LogP contribution in [0.2, 0.25) is 0 Å². The molecule has 166 valence electrons. The molecule has 0 unspecified atom stereocenters. The second kappa shape index (κ2) is 9.76. The van der Waals surface area contributed by atoms with Crippen LogP contribution in [0.3, 0.4) is 0 Å². The zero-order valence-electron chi connectivity index (χ0n) is 18.4. The summed E-state index contributed by atoms with van der Waals surface area (Å²) >= 11 is 3.53. The number of nitrogens with one attached hydrogen (secondary N) is 1. The number of aryl methyl sites for hydroxylation is 1. The molecule has 6 heteroatoms. The molecule has 0 saturated heterocycles. The molecule has 2 atom stereocenters. The minimum absolute atomic E-state index is 0.107. The van der Waals surface area contributed by atoms with E-state index in [1.807, 2.05) is 30.3 Å². The predicted octanol–water partition coefficient (Wildman–Crippen LogP) is 5.96. The molecule has 1 aliphatic heterocycles. The number of hydrogen-bond acceptors (Lipinski definition) is 5. The molecule has 0 spiro atoms. The number of halogens is 1. The lowest BCUT2D eigenvalue weighted by molar-refractivity contribution is 0.353. The number of aliphatic imine (C=N–C) groups is 1. The number of methoxy groups -OCH3 is 2. The lowest BCUT2D eigenvalue weighted by Crippen LogP contribution is -2.33. The fourth-order valence-electron chi connectivity index (χ4n) is 4.01. The Hall–Kier alpha value is -2.83. The van der Waals surface area contributed by atoms with Crippen molar-refractivity contribution in [1.29, 1.82) is 0 Å². The molecule has 32 heavy (non-hydrogen) atoms. The van der Waals surface area contributed by atoms with Gasteiger partial charge in [0.25, 0.3) is 0 Å². The zero-order chi connectivity index (χ0) is 22.7. The number of benzene rings is 3. The summed E-state index contributed by atoms with van der Waals surface area (Å²) in [6.45, 7) is 2.15. The van der Waals surface area contributed by atoms with Crippen LogP contribution in [0.1, 0.15) is 47.8 Å². The van der Waals surface area contributed by atoms with E-state index in [1.165, 1.54) is 5.56 Å². The van der Waals surface area contributed by atoms with Crippen LogP contribution in [-0.4, -0.2) is 25.0 Å². The number of rotatable bonds is 6. The standard InChI is InChI=1S/C26H27BrN2O3/c1-4-16-5-7-17(8-6-16)21-15-22(20-14-19(27)10-11-23(20)30)29-26(28-21)18-9-12-24(31-2)25(13-18)32-3/h5-14,22,26,29-30H,4,15H2,1-3H3/t22-,26+/m0/s1. The molecule has 0 aliphatic carbocycles. The Labute approximate surface area is 197 Å². The Morgan fingerprint density at radius 1 is 1.00 bits per heavy atom. The van der Waals surface area contributed by atoms with E-state index in [2.05, 4.69) is 52.4 Å². The Bertz CT molecular complexity index is 1130. The number of phenols is 1. The maximum absolute atomic E-state index is 10.6. The predicted molar refractivity (Wildman–Crippen MR) is 131 cm³/mol. The highest BCUT2D eigenvalue weighted by Gasteiger charge is 2.28. The average molecular weight is 495 g/mol. The van der Waals surface area contributed by atoms with Crippen LogP contribution in [0, 0.1) is 0 Å². The first-order valence-electron chi connectivity index (χ1n) is 10.6. The fraction of sp³-hybridized carbons (Fsp3) is 0.269. The van der Waals surface area contributed by atoms with Crippen molar-refractivity contribution in [1.82, 2.24) is 5.32 Å². The van der Waals surface area contributed by atoms with E-state index in [1.54, 1.807) is 20.3 Å². The molecular weight excluding hydrogens is 468 g/mol. The maximum atomic E-state index is 10.6. The van der Waals surface area contributed by atoms with Crippen molar-refractivity contribution in [2.45, 2.75) is 32.0 Å². The number of hydrogen-bond donors (Lipinski definition) is 2. The van der Waals surface area contributed by atoms with Crippen molar-refractivity contribution in [3.63, 3.8) is 0 Å². The van der Waals surface area contributed by atoms with Gasteiger partial charge in [0.05, 0.1) is 14.2 Å². The first-order valence-corrected chi connectivity index (χ1v) is 11.4. The summed E-state index contributed by atoms with van der Waals surface area (Å²) in [5.41, 5.74) is 5.18. The molecule has 4 rings (SSSR count). The third kappa shape index (κ3) is 4.66. The topological polar surface area (TPSA) is 63.1 Å². The summed E-state index contributed by atoms with van der Waals surface area (Å²) in [6.07, 6.45) is 1.36. The van der Waals surface area contributed by atoms with Gasteiger partial charge < -0.3 is 14.6 Å². The van der Waals surface area contributed by atoms with Crippen molar-refractivity contribution in [3.8, 4) is 17.2 Å². The molecule has 0 amide bonds. The third-order valence-corrected chi connectivity index (χ3v) is 6.32. The van der Waals surface area contributed by atoms with E-state index in [-0.39, 0.29) is 18.0 Å². The summed E-state index contributed by atoms with van der Waals surface area (Å²) in [6, 6.07) is 19.8. The number of nitrogens with zero attached hydrogens (tertiary/aromatic N) is 1. The van der Waals surface area contributed by atoms with Crippen LogP contribution in [-0.2, 0) is 6.42 Å². The summed E-state index contributed by atoms with van der Waals surface area (Å²) in [7, 11) is 3.25. The van der Waals surface area contributed by atoms with Crippen LogP contribution in [0.25, 0.3) is 0 Å². The molecule has 0 fully saturated rings. The van der Waals surface area contributed by atoms with Crippen molar-refractivity contribution < 1.29 is 14.6 Å². The molecule has 5 nitrogen and oxygen atoms in total. The number of ether oxygens (including phenoxy) is 2. The van der Waals surface area contributed by atoms with Gasteiger partial charge in [-0.3, -0.25) is 10.3 Å². The van der Waals surface area contributed by atoms with E-state index in [0.717, 1.165) is 33.3 Å². The van der Waals surface area contributed by atoms with Crippen LogP contribution >= 0.6 is 15.9 Å².